The van der Waals surface area contributed by atoms with Gasteiger partial charge in [0.05, 0.1) is 25.4 Å². The Morgan fingerprint density at radius 1 is 1.02 bits per heavy atom. The molecule has 0 aromatic heterocycles. The Hall–Kier alpha value is -3.13. The predicted octanol–water partition coefficient (Wildman–Crippen LogP) is 1.35. The number of aliphatic carboxylic acids is 1. The van der Waals surface area contributed by atoms with Crippen molar-refractivity contribution >= 4 is 28.6 Å². The molecule has 3 rings (SSSR count). The number of hydrogen-bond donors (Lipinski definition) is 7. The van der Waals surface area contributed by atoms with Gasteiger partial charge in [-0.3, -0.25) is 9.59 Å². The van der Waals surface area contributed by atoms with Crippen LogP contribution in [-0.2, 0) is 30.4 Å². The zero-order valence-electron chi connectivity index (χ0n) is 24.5. The number of aliphatic hydroxyl groups excluding tert-OH is 4. The quantitative estimate of drug-likeness (QED) is 0.130. The molecule has 6 atom stereocenters. The molecule has 1 fully saturated rings. The van der Waals surface area contributed by atoms with Crippen LogP contribution in [0.3, 0.4) is 0 Å². The van der Waals surface area contributed by atoms with Crippen molar-refractivity contribution in [2.75, 3.05) is 13.2 Å². The highest BCUT2D eigenvalue weighted by Crippen LogP contribution is 2.34. The normalized spacial score (nSPS) is 23.4. The first-order chi connectivity index (χ1) is 20.6. The SMILES string of the molecule is CC(=O)N[C@H]1[C@H]([C@H](O)[C@H](O)CO)O[C@@](OCCCCCCCCC(=O)NCc2cccc3ccccc23)(C(=O)O)C[C@@H]1O. The fraction of sp³-hybridized carbons (Fsp3) is 0.581. The van der Waals surface area contributed by atoms with E-state index in [0.717, 1.165) is 48.4 Å². The van der Waals surface area contributed by atoms with Crippen molar-refractivity contribution in [2.24, 2.45) is 0 Å². The van der Waals surface area contributed by atoms with Gasteiger partial charge in [0.2, 0.25) is 11.8 Å². The Labute approximate surface area is 251 Å². The van der Waals surface area contributed by atoms with Crippen molar-refractivity contribution in [3.63, 3.8) is 0 Å². The highest BCUT2D eigenvalue weighted by molar-refractivity contribution is 5.86. The standard InChI is InChI=1S/C31H44N2O10/c1-20(35)33-27-24(36)17-31(30(40)41,43-29(27)28(39)25(37)19-34)42-16-9-5-3-2-4-6-15-26(38)32-18-22-13-10-12-21-11-7-8-14-23(21)22/h7-8,10-14,24-25,27-29,34,36-37,39H,2-6,9,15-19H2,1H3,(H,32,38)(H,33,35)(H,40,41)/t24-,25+,27+,28+,29+,31+/m0/s1. The van der Waals surface area contributed by atoms with Gasteiger partial charge < -0.3 is 45.6 Å². The summed E-state index contributed by atoms with van der Waals surface area (Å²) in [6.07, 6.45) is -2.02. The molecule has 238 valence electrons. The fourth-order valence-corrected chi connectivity index (χ4v) is 5.34. The number of benzene rings is 2. The molecule has 1 aliphatic rings. The van der Waals surface area contributed by atoms with Crippen LogP contribution in [0.5, 0.6) is 0 Å². The molecule has 2 aromatic carbocycles. The monoisotopic (exact) mass is 604 g/mol. The van der Waals surface area contributed by atoms with E-state index in [9.17, 15) is 39.9 Å². The van der Waals surface area contributed by atoms with E-state index in [0.29, 0.717) is 19.4 Å². The summed E-state index contributed by atoms with van der Waals surface area (Å²) in [6.45, 7) is 0.803. The number of carboxylic acids is 1. The van der Waals surface area contributed by atoms with Gasteiger partial charge in [-0.2, -0.15) is 0 Å². The van der Waals surface area contributed by atoms with E-state index in [2.05, 4.69) is 10.6 Å². The van der Waals surface area contributed by atoms with Crippen molar-refractivity contribution in [3.8, 4) is 0 Å². The molecular formula is C31H44N2O10. The highest BCUT2D eigenvalue weighted by Gasteiger charge is 2.55. The number of carbonyl (C=O) groups is 3. The second kappa shape index (κ2) is 16.6. The minimum Gasteiger partial charge on any atom is -0.477 e. The smallest absolute Gasteiger partial charge is 0.364 e. The fourth-order valence-electron chi connectivity index (χ4n) is 5.34. The maximum atomic E-state index is 12.3. The van der Waals surface area contributed by atoms with Gasteiger partial charge in [-0.25, -0.2) is 4.79 Å². The number of hydrogen-bond acceptors (Lipinski definition) is 9. The average molecular weight is 605 g/mol. The zero-order valence-corrected chi connectivity index (χ0v) is 24.5. The summed E-state index contributed by atoms with van der Waals surface area (Å²) in [5, 5.41) is 57.8. The lowest BCUT2D eigenvalue weighted by Crippen LogP contribution is -2.67. The zero-order chi connectivity index (χ0) is 31.4. The summed E-state index contributed by atoms with van der Waals surface area (Å²) in [7, 11) is 0. The van der Waals surface area contributed by atoms with E-state index >= 15 is 0 Å². The van der Waals surface area contributed by atoms with Crippen LogP contribution >= 0.6 is 0 Å². The van der Waals surface area contributed by atoms with Crippen LogP contribution in [0.15, 0.2) is 42.5 Å². The third-order valence-electron chi connectivity index (χ3n) is 7.68. The van der Waals surface area contributed by atoms with Crippen LogP contribution < -0.4 is 10.6 Å². The molecular weight excluding hydrogens is 560 g/mol. The van der Waals surface area contributed by atoms with Crippen molar-refractivity contribution in [2.45, 2.75) is 101 Å². The number of rotatable bonds is 17. The second-order valence-corrected chi connectivity index (χ2v) is 11.0. The Kier molecular flexibility index (Phi) is 13.3. The van der Waals surface area contributed by atoms with Gasteiger partial charge in [0, 0.05) is 26.3 Å². The molecule has 7 N–H and O–H groups in total. The Bertz CT molecular complexity index is 1200. The van der Waals surface area contributed by atoms with Crippen LogP contribution in [0, 0.1) is 0 Å². The molecule has 12 nitrogen and oxygen atoms in total. The molecule has 1 aliphatic heterocycles. The first-order valence-electron chi connectivity index (χ1n) is 14.8. The van der Waals surface area contributed by atoms with E-state index in [4.69, 9.17) is 9.47 Å². The van der Waals surface area contributed by atoms with Gasteiger partial charge in [-0.15, -0.1) is 0 Å². The summed E-state index contributed by atoms with van der Waals surface area (Å²) in [6, 6.07) is 12.9. The molecule has 0 unspecified atom stereocenters. The number of nitrogens with one attached hydrogen (secondary N) is 2. The average Bonchev–Trinajstić information content (AvgIpc) is 2.99. The van der Waals surface area contributed by atoms with E-state index in [1.807, 2.05) is 42.5 Å². The molecule has 1 heterocycles. The van der Waals surface area contributed by atoms with Crippen LogP contribution in [0.25, 0.3) is 10.8 Å². The molecule has 2 amide bonds. The minimum absolute atomic E-state index is 0.00523. The minimum atomic E-state index is -2.31. The molecule has 0 bridgehead atoms. The lowest BCUT2D eigenvalue weighted by atomic mass is 9.88. The maximum absolute atomic E-state index is 12.3. The van der Waals surface area contributed by atoms with Crippen LogP contribution in [0.2, 0.25) is 0 Å². The van der Waals surface area contributed by atoms with E-state index in [1.165, 1.54) is 6.92 Å². The van der Waals surface area contributed by atoms with Gasteiger partial charge >= 0.3 is 5.97 Å². The van der Waals surface area contributed by atoms with Gasteiger partial charge in [0.1, 0.15) is 18.3 Å². The molecule has 43 heavy (non-hydrogen) atoms. The van der Waals surface area contributed by atoms with Crippen LogP contribution in [0.4, 0.5) is 0 Å². The number of unbranched alkanes of at least 4 members (excludes halogenated alkanes) is 5. The number of carboxylic acid groups (broad SMARTS) is 1. The number of aliphatic hydroxyl groups is 4. The third kappa shape index (κ3) is 9.68. The Balaban J connectivity index is 1.37. The summed E-state index contributed by atoms with van der Waals surface area (Å²) in [5.74, 6) is -4.39. The number of fused-ring (bicyclic) bond motifs is 1. The van der Waals surface area contributed by atoms with E-state index in [1.54, 1.807) is 0 Å². The predicted molar refractivity (Wildman–Crippen MR) is 157 cm³/mol. The van der Waals surface area contributed by atoms with Crippen molar-refractivity contribution in [1.82, 2.24) is 10.6 Å². The van der Waals surface area contributed by atoms with Crippen molar-refractivity contribution in [3.05, 3.63) is 48.0 Å². The van der Waals surface area contributed by atoms with Crippen LogP contribution in [0.1, 0.15) is 63.9 Å². The summed E-state index contributed by atoms with van der Waals surface area (Å²) in [5.41, 5.74) is 1.08. The van der Waals surface area contributed by atoms with Crippen LogP contribution in [-0.4, -0.2) is 92.8 Å². The molecule has 0 spiro atoms. The van der Waals surface area contributed by atoms with Crippen molar-refractivity contribution < 1.29 is 49.4 Å². The Morgan fingerprint density at radius 3 is 2.40 bits per heavy atom. The summed E-state index contributed by atoms with van der Waals surface area (Å²) < 4.78 is 11.2. The maximum Gasteiger partial charge on any atom is 0.364 e. The summed E-state index contributed by atoms with van der Waals surface area (Å²) >= 11 is 0. The number of carbonyl (C=O) groups excluding carboxylic acids is 2. The molecule has 12 heteroatoms. The topological polar surface area (TPSA) is 195 Å². The van der Waals surface area contributed by atoms with Gasteiger partial charge in [0.15, 0.2) is 0 Å². The molecule has 0 aliphatic carbocycles. The second-order valence-electron chi connectivity index (χ2n) is 11.0. The lowest BCUT2D eigenvalue weighted by Gasteiger charge is -2.46. The largest absolute Gasteiger partial charge is 0.477 e. The molecule has 0 radical (unpaired) electrons. The number of amides is 2. The third-order valence-corrected chi connectivity index (χ3v) is 7.68. The number of ether oxygens (including phenoxy) is 2. The first kappa shape index (κ1) is 34.4. The first-order valence-corrected chi connectivity index (χ1v) is 14.8. The molecule has 2 aromatic rings. The van der Waals surface area contributed by atoms with Gasteiger partial charge in [0.25, 0.3) is 5.79 Å². The molecule has 1 saturated heterocycles. The summed E-state index contributed by atoms with van der Waals surface area (Å²) in [4.78, 5) is 36.1. The highest BCUT2D eigenvalue weighted by atomic mass is 16.7. The lowest BCUT2D eigenvalue weighted by molar-refractivity contribution is -0.311. The molecule has 0 saturated carbocycles. The van der Waals surface area contributed by atoms with Crippen molar-refractivity contribution in [1.29, 1.82) is 0 Å². The van der Waals surface area contributed by atoms with E-state index in [-0.39, 0.29) is 12.5 Å². The van der Waals surface area contributed by atoms with Gasteiger partial charge in [-0.05, 0) is 29.2 Å². The Morgan fingerprint density at radius 2 is 1.70 bits per heavy atom. The van der Waals surface area contributed by atoms with E-state index < -0.39 is 61.1 Å². The van der Waals surface area contributed by atoms with Gasteiger partial charge in [-0.1, -0.05) is 68.1 Å².